The number of ether oxygens (including phenoxy) is 1. The molecule has 1 atom stereocenters. The van der Waals surface area contributed by atoms with Crippen molar-refractivity contribution in [1.82, 2.24) is 20.1 Å². The zero-order valence-electron chi connectivity index (χ0n) is 15.2. The monoisotopic (exact) mass is 394 g/mol. The first-order valence-corrected chi connectivity index (χ1v) is 10.1. The Labute approximate surface area is 162 Å². The Balaban J connectivity index is 1.67. The fourth-order valence-corrected chi connectivity index (χ4v) is 3.56. The third-order valence-electron chi connectivity index (χ3n) is 4.09. The van der Waals surface area contributed by atoms with E-state index in [0.29, 0.717) is 29.1 Å². The van der Waals surface area contributed by atoms with E-state index in [1.807, 2.05) is 43.5 Å². The fourth-order valence-electron chi connectivity index (χ4n) is 2.58. The van der Waals surface area contributed by atoms with E-state index >= 15 is 0 Å². The summed E-state index contributed by atoms with van der Waals surface area (Å²) in [4.78, 5) is 11.9. The number of aryl methyl sites for hydroxylation is 1. The van der Waals surface area contributed by atoms with Crippen LogP contribution in [0.2, 0.25) is 5.02 Å². The lowest BCUT2D eigenvalue weighted by Crippen LogP contribution is -2.27. The lowest BCUT2D eigenvalue weighted by atomic mass is 10.2. The van der Waals surface area contributed by atoms with Crippen LogP contribution < -0.4 is 10.1 Å². The summed E-state index contributed by atoms with van der Waals surface area (Å²) in [6.45, 7) is 6.63. The molecule has 2 aromatic rings. The number of rotatable bonds is 8. The first-order valence-electron chi connectivity index (χ1n) is 8.76. The van der Waals surface area contributed by atoms with Crippen molar-refractivity contribution in [3.05, 3.63) is 34.6 Å². The molecule has 1 unspecified atom stereocenters. The van der Waals surface area contributed by atoms with Crippen LogP contribution in [-0.2, 0) is 11.3 Å². The van der Waals surface area contributed by atoms with E-state index in [1.54, 1.807) is 0 Å². The molecule has 1 saturated carbocycles. The van der Waals surface area contributed by atoms with Gasteiger partial charge in [-0.05, 0) is 51.3 Å². The van der Waals surface area contributed by atoms with E-state index in [4.69, 9.17) is 16.3 Å². The van der Waals surface area contributed by atoms with Gasteiger partial charge in [-0.3, -0.25) is 4.79 Å². The molecule has 0 radical (unpaired) electrons. The molecule has 3 rings (SSSR count). The average molecular weight is 395 g/mol. The summed E-state index contributed by atoms with van der Waals surface area (Å²) in [5.74, 6) is 1.73. The highest BCUT2D eigenvalue weighted by atomic mass is 35.5. The molecule has 1 fully saturated rings. The second kappa shape index (κ2) is 8.31. The van der Waals surface area contributed by atoms with Gasteiger partial charge in [0.15, 0.2) is 17.1 Å². The molecule has 0 bridgehead atoms. The van der Waals surface area contributed by atoms with Crippen LogP contribution in [0, 0.1) is 6.92 Å². The van der Waals surface area contributed by atoms with E-state index in [9.17, 15) is 4.79 Å². The highest BCUT2D eigenvalue weighted by Crippen LogP contribution is 2.30. The predicted molar refractivity (Wildman–Crippen MR) is 103 cm³/mol. The van der Waals surface area contributed by atoms with E-state index in [1.165, 1.54) is 11.8 Å². The van der Waals surface area contributed by atoms with Crippen LogP contribution in [0.1, 0.15) is 44.2 Å². The highest BCUT2D eigenvalue weighted by Gasteiger charge is 2.24. The highest BCUT2D eigenvalue weighted by molar-refractivity contribution is 7.99. The van der Waals surface area contributed by atoms with Gasteiger partial charge < -0.3 is 14.6 Å². The zero-order valence-corrected chi connectivity index (χ0v) is 16.7. The van der Waals surface area contributed by atoms with Crippen LogP contribution in [0.5, 0.6) is 5.75 Å². The molecule has 0 saturated heterocycles. The lowest BCUT2D eigenvalue weighted by Gasteiger charge is -2.16. The Hall–Kier alpha value is -1.73. The predicted octanol–water partition coefficient (Wildman–Crippen LogP) is 3.77. The van der Waals surface area contributed by atoms with Gasteiger partial charge in [-0.1, -0.05) is 29.4 Å². The Kier molecular flexibility index (Phi) is 6.09. The normalized spacial score (nSPS) is 14.9. The molecule has 1 N–H and O–H groups in total. The van der Waals surface area contributed by atoms with Crippen molar-refractivity contribution in [3.8, 4) is 5.75 Å². The Morgan fingerprint density at radius 1 is 1.46 bits per heavy atom. The second-order valence-corrected chi connectivity index (χ2v) is 7.76. The molecule has 0 aliphatic heterocycles. The molecule has 6 nitrogen and oxygen atoms in total. The minimum atomic E-state index is -0.309. The summed E-state index contributed by atoms with van der Waals surface area (Å²) in [5, 5.41) is 12.8. The molecule has 1 aromatic carbocycles. The average Bonchev–Trinajstić information content (AvgIpc) is 3.32. The Morgan fingerprint density at radius 2 is 2.23 bits per heavy atom. The van der Waals surface area contributed by atoms with Gasteiger partial charge in [0.1, 0.15) is 5.75 Å². The van der Waals surface area contributed by atoms with E-state index in [0.717, 1.165) is 29.4 Å². The molecular formula is C18H23ClN4O2S. The molecule has 8 heteroatoms. The van der Waals surface area contributed by atoms with Crippen molar-refractivity contribution in [2.24, 2.45) is 0 Å². The van der Waals surface area contributed by atoms with Gasteiger partial charge in [-0.25, -0.2) is 0 Å². The second-order valence-electron chi connectivity index (χ2n) is 6.41. The van der Waals surface area contributed by atoms with Gasteiger partial charge in [0, 0.05) is 12.6 Å². The van der Waals surface area contributed by atoms with Gasteiger partial charge in [0.05, 0.1) is 10.8 Å². The number of carbonyl (C=O) groups is 1. The molecule has 1 aliphatic rings. The van der Waals surface area contributed by atoms with Crippen molar-refractivity contribution in [3.63, 3.8) is 0 Å². The van der Waals surface area contributed by atoms with Crippen LogP contribution in [-0.4, -0.2) is 32.5 Å². The molecule has 0 spiro atoms. The summed E-state index contributed by atoms with van der Waals surface area (Å²) < 4.78 is 7.99. The van der Waals surface area contributed by atoms with Crippen LogP contribution >= 0.6 is 23.4 Å². The van der Waals surface area contributed by atoms with Gasteiger partial charge in [0.2, 0.25) is 5.91 Å². The van der Waals surface area contributed by atoms with Gasteiger partial charge in [-0.15, -0.1) is 10.2 Å². The smallest absolute Gasteiger partial charge is 0.230 e. The lowest BCUT2D eigenvalue weighted by molar-refractivity contribution is -0.118. The number of carbonyl (C=O) groups excluding carboxylic acids is 1. The van der Waals surface area contributed by atoms with Gasteiger partial charge >= 0.3 is 0 Å². The van der Waals surface area contributed by atoms with E-state index in [-0.39, 0.29) is 12.0 Å². The summed E-state index contributed by atoms with van der Waals surface area (Å²) in [6.07, 6.45) is 1.86. The molecule has 1 heterocycles. The quantitative estimate of drug-likeness (QED) is 0.690. The maximum atomic E-state index is 11.9. The van der Waals surface area contributed by atoms with Crippen LogP contribution in [0.4, 0.5) is 0 Å². The van der Waals surface area contributed by atoms with E-state index < -0.39 is 0 Å². The first-order chi connectivity index (χ1) is 12.5. The van der Waals surface area contributed by atoms with Crippen LogP contribution in [0.3, 0.4) is 0 Å². The third kappa shape index (κ3) is 4.71. The number of amides is 1. The first kappa shape index (κ1) is 19.0. The van der Waals surface area contributed by atoms with Crippen LogP contribution in [0.15, 0.2) is 23.4 Å². The standard InChI is InChI=1S/C18H23ClN4O2S/c1-4-23-17(12(3)25-15-9-11(2)5-8-14(15)19)21-22-18(23)26-10-16(24)20-13-6-7-13/h5,8-9,12-13H,4,6-7,10H2,1-3H3,(H,20,24). The largest absolute Gasteiger partial charge is 0.481 e. The molecule has 140 valence electrons. The van der Waals surface area contributed by atoms with Crippen LogP contribution in [0.25, 0.3) is 0 Å². The number of aromatic nitrogens is 3. The minimum absolute atomic E-state index is 0.0422. The number of halogens is 1. The number of thioether (sulfide) groups is 1. The number of nitrogens with zero attached hydrogens (tertiary/aromatic N) is 3. The van der Waals surface area contributed by atoms with Crippen molar-refractivity contribution in [1.29, 1.82) is 0 Å². The molecular weight excluding hydrogens is 372 g/mol. The van der Waals surface area contributed by atoms with Crippen molar-refractivity contribution in [2.45, 2.75) is 57.5 Å². The molecule has 26 heavy (non-hydrogen) atoms. The number of nitrogens with one attached hydrogen (secondary N) is 1. The third-order valence-corrected chi connectivity index (χ3v) is 5.37. The summed E-state index contributed by atoms with van der Waals surface area (Å²) in [6, 6.07) is 6.04. The Bertz CT molecular complexity index is 791. The Morgan fingerprint density at radius 3 is 2.92 bits per heavy atom. The van der Waals surface area contributed by atoms with Gasteiger partial charge in [-0.2, -0.15) is 0 Å². The minimum Gasteiger partial charge on any atom is -0.481 e. The molecule has 1 aromatic heterocycles. The number of hydrogen-bond acceptors (Lipinski definition) is 5. The molecule has 1 amide bonds. The van der Waals surface area contributed by atoms with E-state index in [2.05, 4.69) is 15.5 Å². The number of hydrogen-bond donors (Lipinski definition) is 1. The van der Waals surface area contributed by atoms with Crippen molar-refractivity contribution >= 4 is 29.3 Å². The summed E-state index contributed by atoms with van der Waals surface area (Å²) in [7, 11) is 0. The maximum absolute atomic E-state index is 11.9. The zero-order chi connectivity index (χ0) is 18.7. The van der Waals surface area contributed by atoms with Gasteiger partial charge in [0.25, 0.3) is 0 Å². The van der Waals surface area contributed by atoms with Crippen molar-refractivity contribution < 1.29 is 9.53 Å². The fraction of sp³-hybridized carbons (Fsp3) is 0.500. The molecule has 1 aliphatic carbocycles. The maximum Gasteiger partial charge on any atom is 0.230 e. The summed E-state index contributed by atoms with van der Waals surface area (Å²) >= 11 is 7.62. The van der Waals surface area contributed by atoms with Crippen molar-refractivity contribution in [2.75, 3.05) is 5.75 Å². The number of benzene rings is 1. The topological polar surface area (TPSA) is 69.0 Å². The summed E-state index contributed by atoms with van der Waals surface area (Å²) in [5.41, 5.74) is 1.08. The SMILES string of the molecule is CCn1c(SCC(=O)NC2CC2)nnc1C(C)Oc1cc(C)ccc1Cl.